The van der Waals surface area contributed by atoms with Gasteiger partial charge in [-0.2, -0.15) is 0 Å². The number of benzene rings is 2. The molecule has 0 unspecified atom stereocenters. The summed E-state index contributed by atoms with van der Waals surface area (Å²) < 4.78 is 72.2. The average molecular weight is 580 g/mol. The van der Waals surface area contributed by atoms with Crippen molar-refractivity contribution in [2.75, 3.05) is 11.9 Å². The van der Waals surface area contributed by atoms with Crippen LogP contribution in [0.2, 0.25) is 0 Å². The minimum Gasteiger partial charge on any atom is -0.449 e. The number of sulfonamides is 1. The van der Waals surface area contributed by atoms with E-state index in [9.17, 15) is 36.0 Å². The molecule has 2 aromatic carbocycles. The van der Waals surface area contributed by atoms with Crippen LogP contribution < -0.4 is 15.4 Å². The summed E-state index contributed by atoms with van der Waals surface area (Å²) in [4.78, 5) is 36.4. The van der Waals surface area contributed by atoms with Crippen LogP contribution in [0.3, 0.4) is 0 Å². The standard InChI is InChI=1S/C21H21BrF3N3O6S/c1-10(2)28-35(32,33)12-4-5-14(22)13(8-12)21(31)34-11(3)20(30)26-9-17(29)27-16-7-6-15(23)18(24)19(16)25/h4-8,10-11,28H,9H2,1-3H3,(H,26,30)(H,27,29)/t11-/m1/s1. The monoisotopic (exact) mass is 579 g/mol. The highest BCUT2D eigenvalue weighted by Gasteiger charge is 2.24. The predicted molar refractivity (Wildman–Crippen MR) is 122 cm³/mol. The number of esters is 1. The molecule has 2 rings (SSSR count). The summed E-state index contributed by atoms with van der Waals surface area (Å²) in [5, 5.41) is 4.11. The van der Waals surface area contributed by atoms with Crippen molar-refractivity contribution in [1.29, 1.82) is 0 Å². The smallest absolute Gasteiger partial charge is 0.340 e. The lowest BCUT2D eigenvalue weighted by Crippen LogP contribution is -2.40. The van der Waals surface area contributed by atoms with E-state index in [1.165, 1.54) is 19.1 Å². The van der Waals surface area contributed by atoms with Crippen LogP contribution in [0.1, 0.15) is 31.1 Å². The van der Waals surface area contributed by atoms with Crippen LogP contribution in [-0.4, -0.2) is 44.9 Å². The van der Waals surface area contributed by atoms with Crippen molar-refractivity contribution in [3.05, 3.63) is 57.8 Å². The molecule has 0 aromatic heterocycles. The summed E-state index contributed by atoms with van der Waals surface area (Å²) in [6.07, 6.45) is -1.41. The summed E-state index contributed by atoms with van der Waals surface area (Å²) in [5.41, 5.74) is -0.794. The second-order valence-corrected chi connectivity index (χ2v) is 10.0. The first-order valence-electron chi connectivity index (χ1n) is 9.96. The first kappa shape index (κ1) is 28.3. The SMILES string of the molecule is CC(C)NS(=O)(=O)c1ccc(Br)c(C(=O)O[C@H](C)C(=O)NCC(=O)Nc2ccc(F)c(F)c2F)c1. The number of carbonyl (C=O) groups excluding carboxylic acids is 3. The van der Waals surface area contributed by atoms with Gasteiger partial charge in [0.15, 0.2) is 23.6 Å². The number of hydrogen-bond acceptors (Lipinski definition) is 6. The van der Waals surface area contributed by atoms with E-state index in [0.29, 0.717) is 6.07 Å². The van der Waals surface area contributed by atoms with Crippen molar-refractivity contribution in [3.63, 3.8) is 0 Å². The minimum atomic E-state index is -3.90. The van der Waals surface area contributed by atoms with Gasteiger partial charge in [-0.3, -0.25) is 9.59 Å². The molecule has 0 saturated carbocycles. The van der Waals surface area contributed by atoms with E-state index in [4.69, 9.17) is 4.74 Å². The Bertz CT molecular complexity index is 1260. The van der Waals surface area contributed by atoms with Crippen LogP contribution >= 0.6 is 15.9 Å². The zero-order valence-corrected chi connectivity index (χ0v) is 21.0. The van der Waals surface area contributed by atoms with Gasteiger partial charge in [0.05, 0.1) is 22.7 Å². The van der Waals surface area contributed by atoms with E-state index in [0.717, 1.165) is 12.1 Å². The summed E-state index contributed by atoms with van der Waals surface area (Å²) in [7, 11) is -3.90. The van der Waals surface area contributed by atoms with Crippen LogP contribution in [0, 0.1) is 17.5 Å². The molecule has 0 radical (unpaired) electrons. The van der Waals surface area contributed by atoms with E-state index < -0.39 is 69.6 Å². The van der Waals surface area contributed by atoms with Crippen LogP contribution in [0.4, 0.5) is 18.9 Å². The Labute approximate surface area is 207 Å². The second-order valence-electron chi connectivity index (χ2n) is 7.45. The molecule has 0 fully saturated rings. The lowest BCUT2D eigenvalue weighted by atomic mass is 10.2. The number of halogens is 4. The molecule has 35 heavy (non-hydrogen) atoms. The van der Waals surface area contributed by atoms with Crippen molar-refractivity contribution in [2.24, 2.45) is 0 Å². The maximum absolute atomic E-state index is 13.6. The van der Waals surface area contributed by atoms with Gasteiger partial charge in [-0.15, -0.1) is 0 Å². The highest BCUT2D eigenvalue weighted by atomic mass is 79.9. The van der Waals surface area contributed by atoms with Crippen LogP contribution in [0.25, 0.3) is 0 Å². The Morgan fingerprint density at radius 2 is 1.69 bits per heavy atom. The topological polar surface area (TPSA) is 131 Å². The first-order chi connectivity index (χ1) is 16.2. The molecule has 190 valence electrons. The number of nitrogens with one attached hydrogen (secondary N) is 3. The Morgan fingerprint density at radius 3 is 2.31 bits per heavy atom. The number of ether oxygens (including phenoxy) is 1. The maximum Gasteiger partial charge on any atom is 0.340 e. The highest BCUT2D eigenvalue weighted by Crippen LogP contribution is 2.23. The molecule has 0 saturated heterocycles. The molecule has 2 aromatic rings. The summed E-state index contributed by atoms with van der Waals surface area (Å²) in [6.45, 7) is 3.76. The summed E-state index contributed by atoms with van der Waals surface area (Å²) in [6, 6.07) is 4.71. The third-order valence-electron chi connectivity index (χ3n) is 4.24. The first-order valence-corrected chi connectivity index (χ1v) is 12.2. The van der Waals surface area contributed by atoms with E-state index in [2.05, 4.69) is 26.0 Å². The molecule has 0 aliphatic rings. The molecule has 0 aliphatic heterocycles. The number of amides is 2. The minimum absolute atomic E-state index is 0.164. The van der Waals surface area contributed by atoms with Gasteiger partial charge in [0.2, 0.25) is 15.9 Å². The third kappa shape index (κ3) is 7.50. The lowest BCUT2D eigenvalue weighted by Gasteiger charge is -2.15. The van der Waals surface area contributed by atoms with Gasteiger partial charge in [0.25, 0.3) is 5.91 Å². The molecule has 0 heterocycles. The Kier molecular flexibility index (Phi) is 9.40. The lowest BCUT2D eigenvalue weighted by molar-refractivity contribution is -0.130. The average Bonchev–Trinajstić information content (AvgIpc) is 2.77. The molecule has 0 aliphatic carbocycles. The van der Waals surface area contributed by atoms with Gasteiger partial charge >= 0.3 is 5.97 Å². The number of carbonyl (C=O) groups is 3. The van der Waals surface area contributed by atoms with Crippen molar-refractivity contribution >= 4 is 49.4 Å². The second kappa shape index (κ2) is 11.6. The molecule has 2 amide bonds. The normalized spacial score (nSPS) is 12.2. The van der Waals surface area contributed by atoms with E-state index in [-0.39, 0.29) is 14.9 Å². The zero-order valence-electron chi connectivity index (χ0n) is 18.6. The maximum atomic E-state index is 13.6. The van der Waals surface area contributed by atoms with Crippen molar-refractivity contribution < 1.29 is 40.7 Å². The molecule has 3 N–H and O–H groups in total. The molecule has 9 nitrogen and oxygen atoms in total. The van der Waals surface area contributed by atoms with E-state index >= 15 is 0 Å². The number of rotatable bonds is 9. The largest absolute Gasteiger partial charge is 0.449 e. The van der Waals surface area contributed by atoms with Gasteiger partial charge in [-0.25, -0.2) is 31.1 Å². The fourth-order valence-corrected chi connectivity index (χ4v) is 4.30. The predicted octanol–water partition coefficient (Wildman–Crippen LogP) is 2.85. The number of anilines is 1. The van der Waals surface area contributed by atoms with Gasteiger partial charge in [-0.1, -0.05) is 0 Å². The molecule has 0 spiro atoms. The Balaban J connectivity index is 2.00. The van der Waals surface area contributed by atoms with Gasteiger partial charge in [-0.05, 0) is 67.0 Å². The quantitative estimate of drug-likeness (QED) is 0.309. The Hall–Kier alpha value is -2.97. The van der Waals surface area contributed by atoms with Crippen LogP contribution in [-0.2, 0) is 24.3 Å². The van der Waals surface area contributed by atoms with E-state index in [1.54, 1.807) is 13.8 Å². The van der Waals surface area contributed by atoms with Gasteiger partial charge < -0.3 is 15.4 Å². The van der Waals surface area contributed by atoms with E-state index in [1.807, 2.05) is 5.32 Å². The van der Waals surface area contributed by atoms with Crippen LogP contribution in [0.15, 0.2) is 39.7 Å². The molecule has 1 atom stereocenters. The van der Waals surface area contributed by atoms with Crippen molar-refractivity contribution in [2.45, 2.75) is 37.8 Å². The van der Waals surface area contributed by atoms with Gasteiger partial charge in [0, 0.05) is 10.5 Å². The third-order valence-corrected chi connectivity index (χ3v) is 6.59. The summed E-state index contributed by atoms with van der Waals surface area (Å²) >= 11 is 3.12. The van der Waals surface area contributed by atoms with Crippen LogP contribution in [0.5, 0.6) is 0 Å². The van der Waals surface area contributed by atoms with Crippen molar-refractivity contribution in [3.8, 4) is 0 Å². The fourth-order valence-electron chi connectivity index (χ4n) is 2.61. The molecular weight excluding hydrogens is 559 g/mol. The Morgan fingerprint density at radius 1 is 1.03 bits per heavy atom. The van der Waals surface area contributed by atoms with Gasteiger partial charge in [0.1, 0.15) is 0 Å². The molecule has 0 bridgehead atoms. The van der Waals surface area contributed by atoms with Crippen molar-refractivity contribution in [1.82, 2.24) is 10.0 Å². The zero-order chi connectivity index (χ0) is 26.5. The fraction of sp³-hybridized carbons (Fsp3) is 0.286. The number of hydrogen-bond donors (Lipinski definition) is 3. The molecule has 14 heteroatoms. The molecular formula is C21H21BrF3N3O6S. The summed E-state index contributed by atoms with van der Waals surface area (Å²) in [5.74, 6) is -7.69. The highest BCUT2D eigenvalue weighted by molar-refractivity contribution is 9.10.